The van der Waals surface area contributed by atoms with E-state index in [1.807, 2.05) is 54.1 Å². The number of hydrogen-bond donors (Lipinski definition) is 1. The zero-order valence-corrected chi connectivity index (χ0v) is 19.9. The van der Waals surface area contributed by atoms with Crippen LogP contribution >= 0.6 is 0 Å². The first-order valence-electron chi connectivity index (χ1n) is 11.1. The predicted molar refractivity (Wildman–Crippen MR) is 132 cm³/mol. The molecule has 0 aliphatic carbocycles. The number of aromatic nitrogens is 4. The minimum atomic E-state index is -3.33. The molecular weight excluding hydrogens is 452 g/mol. The molecule has 0 unspecified atom stereocenters. The number of nitrogens with one attached hydrogen (secondary N) is 1. The van der Waals surface area contributed by atoms with Crippen molar-refractivity contribution >= 4 is 26.9 Å². The molecule has 0 spiro atoms. The van der Waals surface area contributed by atoms with Crippen molar-refractivity contribution in [2.75, 3.05) is 37.3 Å². The summed E-state index contributed by atoms with van der Waals surface area (Å²) >= 11 is 0. The van der Waals surface area contributed by atoms with E-state index in [9.17, 15) is 8.42 Å². The number of hydrogen-bond acceptors (Lipinski definition) is 7. The van der Waals surface area contributed by atoms with Gasteiger partial charge in [0.05, 0.1) is 29.9 Å². The molecule has 0 saturated carbocycles. The summed E-state index contributed by atoms with van der Waals surface area (Å²) in [4.78, 5) is 13.7. The highest BCUT2D eigenvalue weighted by atomic mass is 32.2. The smallest absolute Gasteiger partial charge is 0.232 e. The maximum absolute atomic E-state index is 12.2. The molecule has 0 atom stereocenters. The van der Waals surface area contributed by atoms with E-state index in [1.165, 1.54) is 10.6 Å². The second-order valence-electron chi connectivity index (χ2n) is 8.24. The lowest BCUT2D eigenvalue weighted by atomic mass is 10.1. The number of benzene rings is 1. The molecule has 0 bridgehead atoms. The summed E-state index contributed by atoms with van der Waals surface area (Å²) < 4.78 is 33.4. The Bertz CT molecular complexity index is 1430. The van der Waals surface area contributed by atoms with Crippen molar-refractivity contribution in [3.63, 3.8) is 0 Å². The summed E-state index contributed by atoms with van der Waals surface area (Å²) in [5, 5.41) is 3.09. The fourth-order valence-electron chi connectivity index (χ4n) is 4.12. The third-order valence-corrected chi connectivity index (χ3v) is 7.03. The number of ether oxygens (including phenoxy) is 1. The molecule has 0 fully saturated rings. The van der Waals surface area contributed by atoms with Gasteiger partial charge in [-0.05, 0) is 62.3 Å². The van der Waals surface area contributed by atoms with Gasteiger partial charge in [-0.2, -0.15) is 0 Å². The van der Waals surface area contributed by atoms with Crippen LogP contribution in [0.4, 0.5) is 5.69 Å². The number of rotatable bonds is 8. The number of pyridine rings is 2. The van der Waals surface area contributed by atoms with Gasteiger partial charge in [-0.15, -0.1) is 0 Å². The summed E-state index contributed by atoms with van der Waals surface area (Å²) in [5.41, 5.74) is 5.62. The molecule has 5 rings (SSSR count). The molecule has 34 heavy (non-hydrogen) atoms. The van der Waals surface area contributed by atoms with Crippen LogP contribution in [0.25, 0.3) is 28.1 Å². The lowest BCUT2D eigenvalue weighted by Crippen LogP contribution is -2.27. The highest BCUT2D eigenvalue weighted by Gasteiger charge is 2.26. The van der Waals surface area contributed by atoms with Crippen molar-refractivity contribution in [3.05, 3.63) is 60.6 Å². The first kappa shape index (κ1) is 22.3. The number of imidazole rings is 1. The molecule has 4 heterocycles. The molecule has 176 valence electrons. The zero-order valence-electron chi connectivity index (χ0n) is 19.1. The van der Waals surface area contributed by atoms with Crippen molar-refractivity contribution in [3.8, 4) is 22.8 Å². The highest BCUT2D eigenvalue weighted by molar-refractivity contribution is 7.92. The first-order valence-corrected chi connectivity index (χ1v) is 13.0. The molecule has 1 aliphatic heterocycles. The van der Waals surface area contributed by atoms with Gasteiger partial charge in [-0.1, -0.05) is 6.07 Å². The van der Waals surface area contributed by atoms with Crippen LogP contribution in [-0.4, -0.2) is 60.9 Å². The molecule has 1 N–H and O–H groups in total. The van der Waals surface area contributed by atoms with Crippen molar-refractivity contribution in [1.29, 1.82) is 0 Å². The van der Waals surface area contributed by atoms with Crippen LogP contribution in [0.2, 0.25) is 0 Å². The fourth-order valence-corrected chi connectivity index (χ4v) is 5.07. The predicted octanol–water partition coefficient (Wildman–Crippen LogP) is 2.79. The van der Waals surface area contributed by atoms with E-state index in [4.69, 9.17) is 9.72 Å². The van der Waals surface area contributed by atoms with Gasteiger partial charge in [0.2, 0.25) is 15.9 Å². The van der Waals surface area contributed by atoms with Gasteiger partial charge in [0.1, 0.15) is 11.8 Å². The van der Waals surface area contributed by atoms with Crippen LogP contribution in [0, 0.1) is 0 Å². The molecular formula is C24H26N6O3S. The second-order valence-corrected chi connectivity index (χ2v) is 10.1. The van der Waals surface area contributed by atoms with Crippen molar-refractivity contribution in [1.82, 2.24) is 24.8 Å². The van der Waals surface area contributed by atoms with Crippen LogP contribution in [-0.2, 0) is 16.4 Å². The topological polar surface area (TPSA) is 102 Å². The number of anilines is 1. The largest absolute Gasteiger partial charge is 0.478 e. The monoisotopic (exact) mass is 478 g/mol. The highest BCUT2D eigenvalue weighted by Crippen LogP contribution is 2.33. The number of sulfonamides is 1. The zero-order chi connectivity index (χ0) is 23.7. The molecule has 0 amide bonds. The SMILES string of the molecule is CNCCCOc1ccc(-c2ccc3ncn(-c4ccc5c(c4)N(S(C)(=O)=O)CC5)c3n2)cn1. The quantitative estimate of drug-likeness (QED) is 0.389. The lowest BCUT2D eigenvalue weighted by Gasteiger charge is -2.17. The number of fused-ring (bicyclic) bond motifs is 2. The third kappa shape index (κ3) is 4.34. The average Bonchev–Trinajstić information content (AvgIpc) is 3.45. The maximum atomic E-state index is 12.2. The van der Waals surface area contributed by atoms with Crippen molar-refractivity contribution < 1.29 is 13.2 Å². The first-order chi connectivity index (χ1) is 16.4. The molecule has 0 saturated heterocycles. The van der Waals surface area contributed by atoms with Gasteiger partial charge in [0.25, 0.3) is 0 Å². The summed E-state index contributed by atoms with van der Waals surface area (Å²) in [7, 11) is -1.41. The summed E-state index contributed by atoms with van der Waals surface area (Å²) in [6.45, 7) is 1.97. The molecule has 4 aromatic rings. The van der Waals surface area contributed by atoms with Gasteiger partial charge in [-0.3, -0.25) is 8.87 Å². The van der Waals surface area contributed by atoms with Gasteiger partial charge in [0, 0.05) is 24.4 Å². The van der Waals surface area contributed by atoms with Crippen LogP contribution in [0.1, 0.15) is 12.0 Å². The van der Waals surface area contributed by atoms with E-state index in [2.05, 4.69) is 15.3 Å². The summed E-state index contributed by atoms with van der Waals surface area (Å²) in [6.07, 6.45) is 6.32. The fraction of sp³-hybridized carbons (Fsp3) is 0.292. The van der Waals surface area contributed by atoms with E-state index in [0.717, 1.165) is 41.0 Å². The van der Waals surface area contributed by atoms with Gasteiger partial charge in [0.15, 0.2) is 5.65 Å². The van der Waals surface area contributed by atoms with Crippen molar-refractivity contribution in [2.24, 2.45) is 0 Å². The van der Waals surface area contributed by atoms with Crippen LogP contribution < -0.4 is 14.4 Å². The van der Waals surface area contributed by atoms with E-state index in [-0.39, 0.29) is 0 Å². The lowest BCUT2D eigenvalue weighted by molar-refractivity contribution is 0.298. The Morgan fingerprint density at radius 1 is 1.12 bits per heavy atom. The van der Waals surface area contributed by atoms with Crippen LogP contribution in [0.15, 0.2) is 55.0 Å². The molecule has 9 nitrogen and oxygen atoms in total. The Hall–Kier alpha value is -3.50. The third-order valence-electron chi connectivity index (χ3n) is 5.85. The van der Waals surface area contributed by atoms with E-state index >= 15 is 0 Å². The van der Waals surface area contributed by atoms with Crippen molar-refractivity contribution in [2.45, 2.75) is 12.8 Å². The Balaban J connectivity index is 1.45. The Morgan fingerprint density at radius 2 is 2.00 bits per heavy atom. The van der Waals surface area contributed by atoms with E-state index < -0.39 is 10.0 Å². The Labute approximate surface area is 198 Å². The van der Waals surface area contributed by atoms with Gasteiger partial charge in [-0.25, -0.2) is 23.4 Å². The minimum absolute atomic E-state index is 0.465. The van der Waals surface area contributed by atoms with Gasteiger partial charge < -0.3 is 10.1 Å². The summed E-state index contributed by atoms with van der Waals surface area (Å²) in [6, 6.07) is 13.5. The van der Waals surface area contributed by atoms with Gasteiger partial charge >= 0.3 is 0 Å². The Kier molecular flexibility index (Phi) is 5.93. The normalized spacial score (nSPS) is 13.4. The minimum Gasteiger partial charge on any atom is -0.478 e. The standard InChI is InChI=1S/C24H26N6O3S/c1-25-11-3-13-33-23-9-5-18(15-26-23)20-7-8-21-24(28-20)29(16-27-21)19-6-4-17-10-12-30(22(17)14-19)34(2,31)32/h4-9,14-16,25H,3,10-13H2,1-2H3. The van der Waals surface area contributed by atoms with E-state index in [0.29, 0.717) is 36.8 Å². The molecule has 3 aromatic heterocycles. The second kappa shape index (κ2) is 9.03. The molecule has 0 radical (unpaired) electrons. The molecule has 1 aromatic carbocycles. The van der Waals surface area contributed by atoms with Crippen LogP contribution in [0.3, 0.4) is 0 Å². The summed E-state index contributed by atoms with van der Waals surface area (Å²) in [5.74, 6) is 0.583. The maximum Gasteiger partial charge on any atom is 0.232 e. The number of nitrogens with zero attached hydrogens (tertiary/aromatic N) is 5. The molecule has 1 aliphatic rings. The van der Waals surface area contributed by atoms with E-state index in [1.54, 1.807) is 12.5 Å². The average molecular weight is 479 g/mol. The van der Waals surface area contributed by atoms with Crippen LogP contribution in [0.5, 0.6) is 5.88 Å². The molecule has 10 heteroatoms. The Morgan fingerprint density at radius 3 is 2.76 bits per heavy atom.